The van der Waals surface area contributed by atoms with Gasteiger partial charge in [-0.1, -0.05) is 39.0 Å². The highest BCUT2D eigenvalue weighted by molar-refractivity contribution is 5.79. The lowest BCUT2D eigenvalue weighted by Gasteiger charge is -2.40. The second kappa shape index (κ2) is 9.19. The van der Waals surface area contributed by atoms with Crippen molar-refractivity contribution in [3.05, 3.63) is 36.2 Å². The predicted octanol–water partition coefficient (Wildman–Crippen LogP) is 2.98. The van der Waals surface area contributed by atoms with Gasteiger partial charge in [0.2, 0.25) is 0 Å². The van der Waals surface area contributed by atoms with Crippen LogP contribution in [0, 0.1) is 11.3 Å². The van der Waals surface area contributed by atoms with Crippen LogP contribution in [0.15, 0.2) is 35.6 Å². The standard InChI is InChI=1S/C21H32N6O/c1-21(2,3)18-17(9-6-10-28-18)13-24-20(22-4)23-12-15-7-5-8-16(11-15)19-25-14-26-27-19/h5,7-8,11,14,17-18H,6,9-10,12-13H2,1-4H3,(H2,22,23,24)(H,25,26,27). The molecule has 28 heavy (non-hydrogen) atoms. The maximum absolute atomic E-state index is 6.08. The lowest BCUT2D eigenvalue weighted by atomic mass is 9.78. The van der Waals surface area contributed by atoms with Crippen molar-refractivity contribution in [1.29, 1.82) is 0 Å². The maximum atomic E-state index is 6.08. The highest BCUT2D eigenvalue weighted by Crippen LogP contribution is 2.33. The van der Waals surface area contributed by atoms with Crippen molar-refractivity contribution >= 4 is 5.96 Å². The Bertz CT molecular complexity index is 765. The number of aromatic nitrogens is 3. The van der Waals surface area contributed by atoms with Gasteiger partial charge in [-0.3, -0.25) is 10.1 Å². The molecule has 1 fully saturated rings. The molecule has 0 bridgehead atoms. The smallest absolute Gasteiger partial charge is 0.191 e. The topological polar surface area (TPSA) is 87.2 Å². The van der Waals surface area contributed by atoms with E-state index in [1.807, 2.05) is 12.1 Å². The van der Waals surface area contributed by atoms with Gasteiger partial charge >= 0.3 is 0 Å². The minimum atomic E-state index is 0.144. The Labute approximate surface area is 167 Å². The largest absolute Gasteiger partial charge is 0.377 e. The fraction of sp³-hybridized carbons (Fsp3) is 0.571. The van der Waals surface area contributed by atoms with Crippen LogP contribution in [-0.4, -0.2) is 47.4 Å². The zero-order valence-corrected chi connectivity index (χ0v) is 17.3. The molecular weight excluding hydrogens is 352 g/mol. The van der Waals surface area contributed by atoms with Gasteiger partial charge in [0.1, 0.15) is 6.33 Å². The number of aromatic amines is 1. The van der Waals surface area contributed by atoms with Crippen molar-refractivity contribution in [2.75, 3.05) is 20.2 Å². The number of guanidine groups is 1. The van der Waals surface area contributed by atoms with E-state index in [-0.39, 0.29) is 11.5 Å². The SMILES string of the molecule is CN=C(NCc1cccc(-c2ncn[nH]2)c1)NCC1CCCOC1C(C)(C)C. The molecular formula is C21H32N6O. The minimum absolute atomic E-state index is 0.144. The van der Waals surface area contributed by atoms with Gasteiger partial charge in [-0.15, -0.1) is 0 Å². The molecule has 0 spiro atoms. The van der Waals surface area contributed by atoms with E-state index < -0.39 is 0 Å². The van der Waals surface area contributed by atoms with E-state index in [1.54, 1.807) is 7.05 Å². The second-order valence-electron chi connectivity index (χ2n) is 8.40. The van der Waals surface area contributed by atoms with Crippen LogP contribution in [0.3, 0.4) is 0 Å². The summed E-state index contributed by atoms with van der Waals surface area (Å²) in [6.45, 7) is 9.18. The molecule has 7 nitrogen and oxygen atoms in total. The van der Waals surface area contributed by atoms with Crippen molar-refractivity contribution in [2.45, 2.75) is 46.3 Å². The van der Waals surface area contributed by atoms with E-state index in [4.69, 9.17) is 4.74 Å². The van der Waals surface area contributed by atoms with Crippen molar-refractivity contribution in [2.24, 2.45) is 16.3 Å². The summed E-state index contributed by atoms with van der Waals surface area (Å²) in [6, 6.07) is 8.24. The van der Waals surface area contributed by atoms with Crippen LogP contribution in [0.4, 0.5) is 0 Å². The third-order valence-electron chi connectivity index (χ3n) is 5.13. The van der Waals surface area contributed by atoms with Gasteiger partial charge in [0, 0.05) is 38.2 Å². The number of ether oxygens (including phenoxy) is 1. The summed E-state index contributed by atoms with van der Waals surface area (Å²) in [5.41, 5.74) is 2.32. The van der Waals surface area contributed by atoms with Crippen molar-refractivity contribution in [1.82, 2.24) is 25.8 Å². The number of nitrogens with one attached hydrogen (secondary N) is 3. The Morgan fingerprint density at radius 1 is 1.32 bits per heavy atom. The maximum Gasteiger partial charge on any atom is 0.191 e. The molecule has 1 aliphatic heterocycles. The first-order valence-electron chi connectivity index (χ1n) is 9.98. The van der Waals surface area contributed by atoms with Gasteiger partial charge in [-0.05, 0) is 29.9 Å². The van der Waals surface area contributed by atoms with Crippen LogP contribution in [0.1, 0.15) is 39.2 Å². The zero-order valence-electron chi connectivity index (χ0n) is 17.3. The monoisotopic (exact) mass is 384 g/mol. The Hall–Kier alpha value is -2.41. The molecule has 0 saturated carbocycles. The van der Waals surface area contributed by atoms with Gasteiger partial charge in [0.25, 0.3) is 0 Å². The van der Waals surface area contributed by atoms with Crippen LogP contribution in [0.25, 0.3) is 11.4 Å². The Balaban J connectivity index is 1.54. The number of benzene rings is 1. The number of hydrogen-bond donors (Lipinski definition) is 3. The summed E-state index contributed by atoms with van der Waals surface area (Å²) in [7, 11) is 1.80. The van der Waals surface area contributed by atoms with Gasteiger partial charge < -0.3 is 15.4 Å². The van der Waals surface area contributed by atoms with E-state index >= 15 is 0 Å². The summed E-state index contributed by atoms with van der Waals surface area (Å²) in [5.74, 6) is 2.07. The van der Waals surface area contributed by atoms with Gasteiger partial charge in [-0.25, -0.2) is 4.98 Å². The summed E-state index contributed by atoms with van der Waals surface area (Å²) in [4.78, 5) is 8.58. The third kappa shape index (κ3) is 5.32. The third-order valence-corrected chi connectivity index (χ3v) is 5.13. The molecule has 0 amide bonds. The molecule has 0 radical (unpaired) electrons. The molecule has 3 N–H and O–H groups in total. The first-order valence-corrected chi connectivity index (χ1v) is 9.98. The number of nitrogens with zero attached hydrogens (tertiary/aromatic N) is 3. The van der Waals surface area contributed by atoms with Crippen LogP contribution < -0.4 is 10.6 Å². The molecule has 0 aliphatic carbocycles. The lowest BCUT2D eigenvalue weighted by Crippen LogP contribution is -2.47. The second-order valence-corrected chi connectivity index (χ2v) is 8.40. The van der Waals surface area contributed by atoms with Crippen LogP contribution in [-0.2, 0) is 11.3 Å². The summed E-state index contributed by atoms with van der Waals surface area (Å²) >= 11 is 0. The first-order chi connectivity index (χ1) is 13.5. The molecule has 1 aromatic heterocycles. The van der Waals surface area contributed by atoms with E-state index in [9.17, 15) is 0 Å². The zero-order chi connectivity index (χ0) is 20.0. The summed E-state index contributed by atoms with van der Waals surface area (Å²) < 4.78 is 6.08. The molecule has 1 saturated heterocycles. The first kappa shape index (κ1) is 20.3. The minimum Gasteiger partial charge on any atom is -0.377 e. The van der Waals surface area contributed by atoms with Gasteiger partial charge in [-0.2, -0.15) is 5.10 Å². The van der Waals surface area contributed by atoms with Crippen molar-refractivity contribution < 1.29 is 4.74 Å². The molecule has 1 aliphatic rings. The van der Waals surface area contributed by atoms with Crippen molar-refractivity contribution in [3.63, 3.8) is 0 Å². The van der Waals surface area contributed by atoms with E-state index in [0.29, 0.717) is 12.5 Å². The molecule has 2 aromatic rings. The van der Waals surface area contributed by atoms with Crippen LogP contribution in [0.2, 0.25) is 0 Å². The van der Waals surface area contributed by atoms with Gasteiger partial charge in [0.05, 0.1) is 6.10 Å². The molecule has 1 aromatic carbocycles. The number of hydrogen-bond acceptors (Lipinski definition) is 4. The summed E-state index contributed by atoms with van der Waals surface area (Å²) in [5, 5.41) is 13.7. The Morgan fingerprint density at radius 3 is 2.89 bits per heavy atom. The average Bonchev–Trinajstić information content (AvgIpc) is 3.23. The van der Waals surface area contributed by atoms with Crippen molar-refractivity contribution in [3.8, 4) is 11.4 Å². The van der Waals surface area contributed by atoms with E-state index in [2.05, 4.69) is 63.7 Å². The van der Waals surface area contributed by atoms with Crippen LogP contribution >= 0.6 is 0 Å². The van der Waals surface area contributed by atoms with E-state index in [0.717, 1.165) is 42.5 Å². The normalized spacial score (nSPS) is 20.8. The highest BCUT2D eigenvalue weighted by atomic mass is 16.5. The molecule has 3 rings (SSSR count). The number of aliphatic imine (C=N–C) groups is 1. The van der Waals surface area contributed by atoms with Crippen LogP contribution in [0.5, 0.6) is 0 Å². The molecule has 152 valence electrons. The van der Waals surface area contributed by atoms with Gasteiger partial charge in [0.15, 0.2) is 11.8 Å². The Morgan fingerprint density at radius 2 is 2.18 bits per heavy atom. The van der Waals surface area contributed by atoms with E-state index in [1.165, 1.54) is 12.7 Å². The molecule has 7 heteroatoms. The Kier molecular flexibility index (Phi) is 6.67. The fourth-order valence-corrected chi connectivity index (χ4v) is 3.82. The summed E-state index contributed by atoms with van der Waals surface area (Å²) in [6.07, 6.45) is 4.10. The highest BCUT2D eigenvalue weighted by Gasteiger charge is 2.35. The quantitative estimate of drug-likeness (QED) is 0.545. The lowest BCUT2D eigenvalue weighted by molar-refractivity contribution is -0.0835. The average molecular weight is 385 g/mol. The molecule has 2 heterocycles. The predicted molar refractivity (Wildman–Crippen MR) is 112 cm³/mol. The number of rotatable bonds is 5. The fourth-order valence-electron chi connectivity index (χ4n) is 3.82. The molecule has 2 unspecified atom stereocenters. The number of H-pyrrole nitrogens is 1. The molecule has 2 atom stereocenters.